The molecule has 0 spiro atoms. The van der Waals surface area contributed by atoms with E-state index in [1.54, 1.807) is 12.3 Å². The summed E-state index contributed by atoms with van der Waals surface area (Å²) in [7, 11) is 3.77. The Balaban J connectivity index is 3.04. The van der Waals surface area contributed by atoms with Gasteiger partial charge >= 0.3 is 0 Å². The van der Waals surface area contributed by atoms with Crippen LogP contribution in [-0.2, 0) is 0 Å². The first-order valence-corrected chi connectivity index (χ1v) is 3.82. The van der Waals surface area contributed by atoms with Gasteiger partial charge in [-0.2, -0.15) is 0 Å². The summed E-state index contributed by atoms with van der Waals surface area (Å²) >= 11 is 5.26. The molecule has 0 N–H and O–H groups in total. The van der Waals surface area contributed by atoms with Gasteiger partial charge in [-0.1, -0.05) is 0 Å². The van der Waals surface area contributed by atoms with Crippen molar-refractivity contribution in [2.45, 2.75) is 0 Å². The van der Waals surface area contributed by atoms with Crippen molar-refractivity contribution < 1.29 is 4.79 Å². The Morgan fingerprint density at radius 1 is 1.58 bits per heavy atom. The Morgan fingerprint density at radius 3 is 2.75 bits per heavy atom. The van der Waals surface area contributed by atoms with Crippen LogP contribution in [0.3, 0.4) is 0 Å². The van der Waals surface area contributed by atoms with Crippen LogP contribution in [0.25, 0.3) is 0 Å². The smallest absolute Gasteiger partial charge is 0.270 e. The number of hydrogen-bond donors (Lipinski definition) is 0. The van der Waals surface area contributed by atoms with Crippen molar-refractivity contribution in [3.8, 4) is 0 Å². The third kappa shape index (κ3) is 1.95. The number of nitrogens with zero attached hydrogens (tertiary/aromatic N) is 2. The lowest BCUT2D eigenvalue weighted by atomic mass is 10.3. The zero-order chi connectivity index (χ0) is 9.14. The highest BCUT2D eigenvalue weighted by Gasteiger charge is 2.04. The van der Waals surface area contributed by atoms with Crippen LogP contribution in [0.4, 0.5) is 5.69 Å². The van der Waals surface area contributed by atoms with Gasteiger partial charge in [-0.15, -0.1) is 0 Å². The number of carbonyl (C=O) groups is 1. The lowest BCUT2D eigenvalue weighted by Crippen LogP contribution is -2.09. The van der Waals surface area contributed by atoms with Crippen LogP contribution in [-0.4, -0.2) is 24.3 Å². The Hall–Kier alpha value is -1.09. The molecule has 0 aliphatic rings. The molecule has 1 rings (SSSR count). The Bertz CT molecular complexity index is 299. The summed E-state index contributed by atoms with van der Waals surface area (Å²) in [5.41, 5.74) is 1.19. The van der Waals surface area contributed by atoms with Crippen LogP contribution < -0.4 is 4.90 Å². The maximum atomic E-state index is 10.7. The molecule has 1 heterocycles. The summed E-state index contributed by atoms with van der Waals surface area (Å²) in [4.78, 5) is 16.4. The lowest BCUT2D eigenvalue weighted by Gasteiger charge is -2.11. The summed E-state index contributed by atoms with van der Waals surface area (Å²) in [6.07, 6.45) is 1.56. The minimum atomic E-state index is -0.529. The van der Waals surface area contributed by atoms with Gasteiger partial charge in [0.05, 0.1) is 0 Å². The van der Waals surface area contributed by atoms with E-state index in [9.17, 15) is 4.79 Å². The second-order valence-electron chi connectivity index (χ2n) is 2.57. The highest BCUT2D eigenvalue weighted by atomic mass is 35.5. The molecule has 0 aromatic carbocycles. The van der Waals surface area contributed by atoms with Crippen molar-refractivity contribution in [3.05, 3.63) is 24.0 Å². The fourth-order valence-corrected chi connectivity index (χ4v) is 0.908. The predicted octanol–water partition coefficient (Wildman–Crippen LogP) is 1.53. The quantitative estimate of drug-likeness (QED) is 0.654. The lowest BCUT2D eigenvalue weighted by molar-refractivity contribution is 0.107. The van der Waals surface area contributed by atoms with E-state index in [4.69, 9.17) is 11.6 Å². The second-order valence-corrected chi connectivity index (χ2v) is 2.91. The van der Waals surface area contributed by atoms with E-state index in [1.807, 2.05) is 25.1 Å². The molecule has 0 saturated heterocycles. The van der Waals surface area contributed by atoms with Gasteiger partial charge in [-0.3, -0.25) is 9.78 Å². The molecule has 1 aromatic rings. The molecular weight excluding hydrogens is 176 g/mol. The van der Waals surface area contributed by atoms with Gasteiger partial charge < -0.3 is 4.90 Å². The normalized spacial score (nSPS) is 9.58. The minimum absolute atomic E-state index is 0.280. The third-order valence-corrected chi connectivity index (χ3v) is 1.65. The van der Waals surface area contributed by atoms with Crippen molar-refractivity contribution in [1.82, 2.24) is 4.98 Å². The molecule has 12 heavy (non-hydrogen) atoms. The second kappa shape index (κ2) is 3.54. The van der Waals surface area contributed by atoms with Crippen molar-refractivity contribution in [3.63, 3.8) is 0 Å². The SMILES string of the molecule is CN(C)c1ccnc(C(=O)Cl)c1. The van der Waals surface area contributed by atoms with Crippen LogP contribution in [0.15, 0.2) is 18.3 Å². The van der Waals surface area contributed by atoms with E-state index in [0.29, 0.717) is 0 Å². The monoisotopic (exact) mass is 184 g/mol. The first-order valence-electron chi connectivity index (χ1n) is 3.44. The number of halogens is 1. The number of aromatic nitrogens is 1. The number of hydrogen-bond acceptors (Lipinski definition) is 3. The molecule has 3 nitrogen and oxygen atoms in total. The molecule has 0 unspecified atom stereocenters. The molecule has 0 aliphatic heterocycles. The van der Waals surface area contributed by atoms with Gasteiger partial charge in [0, 0.05) is 26.0 Å². The first kappa shape index (κ1) is 9.00. The predicted molar refractivity (Wildman–Crippen MR) is 48.7 cm³/mol. The highest BCUT2D eigenvalue weighted by molar-refractivity contribution is 6.67. The van der Waals surface area contributed by atoms with Gasteiger partial charge in [0.1, 0.15) is 5.69 Å². The van der Waals surface area contributed by atoms with E-state index in [0.717, 1.165) is 5.69 Å². The van der Waals surface area contributed by atoms with Crippen molar-refractivity contribution in [1.29, 1.82) is 0 Å². The first-order chi connectivity index (χ1) is 5.61. The van der Waals surface area contributed by atoms with Crippen molar-refractivity contribution in [2.75, 3.05) is 19.0 Å². The molecular formula is C8H9ClN2O. The van der Waals surface area contributed by atoms with Gasteiger partial charge in [0.25, 0.3) is 5.24 Å². The van der Waals surface area contributed by atoms with Gasteiger partial charge in [0.15, 0.2) is 0 Å². The minimum Gasteiger partial charge on any atom is -0.378 e. The molecule has 1 aromatic heterocycles. The van der Waals surface area contributed by atoms with Crippen LogP contribution >= 0.6 is 11.6 Å². The van der Waals surface area contributed by atoms with Gasteiger partial charge in [-0.25, -0.2) is 0 Å². The van der Waals surface area contributed by atoms with Crippen molar-refractivity contribution >= 4 is 22.5 Å². The fraction of sp³-hybridized carbons (Fsp3) is 0.250. The Kier molecular flexibility index (Phi) is 2.65. The zero-order valence-corrected chi connectivity index (χ0v) is 7.67. The standard InChI is InChI=1S/C8H9ClN2O/c1-11(2)6-3-4-10-7(5-6)8(9)12/h3-5H,1-2H3. The van der Waals surface area contributed by atoms with E-state index >= 15 is 0 Å². The molecule has 0 atom stereocenters. The summed E-state index contributed by atoms with van der Waals surface area (Å²) in [6, 6.07) is 3.46. The molecule has 0 aliphatic carbocycles. The third-order valence-electron chi connectivity index (χ3n) is 1.46. The summed E-state index contributed by atoms with van der Waals surface area (Å²) < 4.78 is 0. The number of carbonyl (C=O) groups excluding carboxylic acids is 1. The zero-order valence-electron chi connectivity index (χ0n) is 6.91. The number of anilines is 1. The largest absolute Gasteiger partial charge is 0.378 e. The molecule has 0 radical (unpaired) electrons. The number of pyridine rings is 1. The Morgan fingerprint density at radius 2 is 2.25 bits per heavy atom. The van der Waals surface area contributed by atoms with Gasteiger partial charge in [0.2, 0.25) is 0 Å². The molecule has 0 saturated carbocycles. The topological polar surface area (TPSA) is 33.2 Å². The average molecular weight is 185 g/mol. The molecule has 4 heteroatoms. The summed E-state index contributed by atoms with van der Waals surface area (Å²) in [5.74, 6) is 0. The van der Waals surface area contributed by atoms with E-state index in [1.165, 1.54) is 0 Å². The maximum Gasteiger partial charge on any atom is 0.270 e. The van der Waals surface area contributed by atoms with Crippen LogP contribution in [0, 0.1) is 0 Å². The number of rotatable bonds is 2. The molecule has 64 valence electrons. The molecule has 0 amide bonds. The van der Waals surface area contributed by atoms with Crippen LogP contribution in [0.1, 0.15) is 10.5 Å². The highest BCUT2D eigenvalue weighted by Crippen LogP contribution is 2.11. The van der Waals surface area contributed by atoms with Gasteiger partial charge in [-0.05, 0) is 23.7 Å². The summed E-state index contributed by atoms with van der Waals surface area (Å²) in [6.45, 7) is 0. The van der Waals surface area contributed by atoms with Crippen LogP contribution in [0.5, 0.6) is 0 Å². The van der Waals surface area contributed by atoms with E-state index < -0.39 is 5.24 Å². The summed E-state index contributed by atoms with van der Waals surface area (Å²) in [5, 5.41) is -0.529. The average Bonchev–Trinajstić information content (AvgIpc) is 2.04. The fourth-order valence-electron chi connectivity index (χ4n) is 0.805. The maximum absolute atomic E-state index is 10.7. The van der Waals surface area contributed by atoms with Crippen LogP contribution in [0.2, 0.25) is 0 Å². The van der Waals surface area contributed by atoms with E-state index in [2.05, 4.69) is 4.98 Å². The molecule has 0 fully saturated rings. The van der Waals surface area contributed by atoms with Crippen molar-refractivity contribution in [2.24, 2.45) is 0 Å². The Labute approximate surface area is 76.0 Å². The van der Waals surface area contributed by atoms with E-state index in [-0.39, 0.29) is 5.69 Å². The molecule has 0 bridgehead atoms.